The van der Waals surface area contributed by atoms with Crippen LogP contribution < -0.4 is 4.73 Å². The van der Waals surface area contributed by atoms with Gasteiger partial charge in [-0.1, -0.05) is 13.8 Å². The molecule has 2 nitrogen and oxygen atoms in total. The van der Waals surface area contributed by atoms with Crippen LogP contribution in [0.5, 0.6) is 0 Å². The van der Waals surface area contributed by atoms with E-state index in [2.05, 4.69) is 13.8 Å². The highest BCUT2D eigenvalue weighted by molar-refractivity contribution is 5.05. The van der Waals surface area contributed by atoms with E-state index < -0.39 is 0 Å². The van der Waals surface area contributed by atoms with Crippen LogP contribution in [0.15, 0.2) is 24.5 Å². The third kappa shape index (κ3) is 2.58. The van der Waals surface area contributed by atoms with Crippen molar-refractivity contribution in [2.75, 3.05) is 0 Å². The van der Waals surface area contributed by atoms with Crippen molar-refractivity contribution in [3.05, 3.63) is 30.1 Å². The van der Waals surface area contributed by atoms with E-state index >= 15 is 0 Å². The van der Waals surface area contributed by atoms with Gasteiger partial charge >= 0.3 is 0 Å². The van der Waals surface area contributed by atoms with Crippen LogP contribution in [0.1, 0.15) is 19.4 Å². The van der Waals surface area contributed by atoms with Gasteiger partial charge in [-0.05, 0) is 18.4 Å². The first-order valence-electron chi connectivity index (χ1n) is 3.88. The molecule has 0 aliphatic rings. The van der Waals surface area contributed by atoms with Crippen molar-refractivity contribution in [1.82, 2.24) is 0 Å². The van der Waals surface area contributed by atoms with Gasteiger partial charge in [-0.25, -0.2) is 0 Å². The summed E-state index contributed by atoms with van der Waals surface area (Å²) >= 11 is 0. The molecule has 0 radical (unpaired) electrons. The van der Waals surface area contributed by atoms with Crippen molar-refractivity contribution >= 4 is 0 Å². The lowest BCUT2D eigenvalue weighted by atomic mass is 10.1. The fourth-order valence-corrected chi connectivity index (χ4v) is 1.10. The molecular formula is C9H14NO+. The smallest absolute Gasteiger partial charge is 0.225 e. The van der Waals surface area contributed by atoms with E-state index in [1.54, 1.807) is 12.4 Å². The van der Waals surface area contributed by atoms with Gasteiger partial charge in [0.15, 0.2) is 0 Å². The summed E-state index contributed by atoms with van der Waals surface area (Å²) in [5, 5.41) is 9.04. The molecule has 0 spiro atoms. The molecule has 1 aromatic rings. The molecule has 1 aromatic heterocycles. The Morgan fingerprint density at radius 2 is 2.27 bits per heavy atom. The van der Waals surface area contributed by atoms with E-state index in [9.17, 15) is 0 Å². The minimum absolute atomic E-state index is 0.636. The first-order valence-corrected chi connectivity index (χ1v) is 3.88. The number of rotatable bonds is 2. The highest BCUT2D eigenvalue weighted by Crippen LogP contribution is 2.03. The number of hydrogen-bond donors (Lipinski definition) is 1. The minimum Gasteiger partial charge on any atom is -0.285 e. The van der Waals surface area contributed by atoms with E-state index in [1.807, 2.05) is 12.1 Å². The summed E-state index contributed by atoms with van der Waals surface area (Å²) in [6.45, 7) is 4.32. The molecule has 0 saturated heterocycles. The predicted molar refractivity (Wildman–Crippen MR) is 42.4 cm³/mol. The molecule has 1 heterocycles. The van der Waals surface area contributed by atoms with Gasteiger partial charge in [0.05, 0.1) is 0 Å². The Hall–Kier alpha value is -1.05. The Morgan fingerprint density at radius 3 is 2.82 bits per heavy atom. The number of nitrogens with zero attached hydrogens (tertiary/aromatic N) is 1. The SMILES string of the molecule is CC(C)Cc1ccc[n+](O)c1. The lowest BCUT2D eigenvalue weighted by molar-refractivity contribution is -0.905. The van der Waals surface area contributed by atoms with Crippen molar-refractivity contribution in [3.63, 3.8) is 0 Å². The summed E-state index contributed by atoms with van der Waals surface area (Å²) in [6.07, 6.45) is 4.37. The van der Waals surface area contributed by atoms with Crippen molar-refractivity contribution in [2.45, 2.75) is 20.3 Å². The van der Waals surface area contributed by atoms with Gasteiger partial charge in [0.2, 0.25) is 12.4 Å². The maximum Gasteiger partial charge on any atom is 0.225 e. The summed E-state index contributed by atoms with van der Waals surface area (Å²) in [6, 6.07) is 3.87. The molecule has 0 atom stereocenters. The van der Waals surface area contributed by atoms with Gasteiger partial charge < -0.3 is 0 Å². The minimum atomic E-state index is 0.636. The molecule has 0 aliphatic carbocycles. The molecule has 0 unspecified atom stereocenters. The second-order valence-electron chi connectivity index (χ2n) is 3.19. The van der Waals surface area contributed by atoms with Crippen LogP contribution in [0.3, 0.4) is 0 Å². The Balaban J connectivity index is 2.71. The molecule has 2 heteroatoms. The lowest BCUT2D eigenvalue weighted by Crippen LogP contribution is -2.29. The van der Waals surface area contributed by atoms with Gasteiger partial charge in [-0.2, -0.15) is 0 Å². The first-order chi connectivity index (χ1) is 5.18. The van der Waals surface area contributed by atoms with E-state index in [-0.39, 0.29) is 0 Å². The molecule has 1 N–H and O–H groups in total. The van der Waals surface area contributed by atoms with Gasteiger partial charge in [-0.15, -0.1) is 0 Å². The number of hydrogen-bond acceptors (Lipinski definition) is 1. The molecular weight excluding hydrogens is 138 g/mol. The maximum atomic E-state index is 9.04. The Labute approximate surface area is 67.1 Å². The third-order valence-corrected chi connectivity index (χ3v) is 1.49. The highest BCUT2D eigenvalue weighted by atomic mass is 16.5. The van der Waals surface area contributed by atoms with Gasteiger partial charge in [-0.3, -0.25) is 5.21 Å². The lowest BCUT2D eigenvalue weighted by Gasteiger charge is -2.00. The zero-order chi connectivity index (χ0) is 8.27. The molecule has 1 rings (SSSR count). The van der Waals surface area contributed by atoms with E-state index in [1.165, 1.54) is 5.56 Å². The van der Waals surface area contributed by atoms with Gasteiger partial charge in [0, 0.05) is 16.4 Å². The van der Waals surface area contributed by atoms with Crippen LogP contribution in [-0.4, -0.2) is 5.21 Å². The van der Waals surface area contributed by atoms with Crippen LogP contribution in [0, 0.1) is 5.92 Å². The van der Waals surface area contributed by atoms with Crippen molar-refractivity contribution in [2.24, 2.45) is 5.92 Å². The summed E-state index contributed by atoms with van der Waals surface area (Å²) in [4.78, 5) is 0. The second-order valence-corrected chi connectivity index (χ2v) is 3.19. The molecule has 0 bridgehead atoms. The number of aromatic nitrogens is 1. The van der Waals surface area contributed by atoms with Gasteiger partial charge in [0.1, 0.15) is 0 Å². The van der Waals surface area contributed by atoms with Crippen LogP contribution >= 0.6 is 0 Å². The average Bonchev–Trinajstić information content (AvgIpc) is 1.85. The molecule has 0 aromatic carbocycles. The van der Waals surface area contributed by atoms with E-state index in [4.69, 9.17) is 5.21 Å². The summed E-state index contributed by atoms with van der Waals surface area (Å²) < 4.78 is 1.09. The number of pyridine rings is 1. The summed E-state index contributed by atoms with van der Waals surface area (Å²) in [5.74, 6) is 0.636. The normalized spacial score (nSPS) is 10.5. The maximum absolute atomic E-state index is 9.04. The molecule has 0 saturated carbocycles. The second kappa shape index (κ2) is 3.37. The third-order valence-electron chi connectivity index (χ3n) is 1.49. The zero-order valence-corrected chi connectivity index (χ0v) is 6.99. The average molecular weight is 152 g/mol. The molecule has 0 amide bonds. The molecule has 0 fully saturated rings. The topological polar surface area (TPSA) is 24.1 Å². The van der Waals surface area contributed by atoms with E-state index in [0.29, 0.717) is 5.92 Å². The Kier molecular flexibility index (Phi) is 2.47. The first kappa shape index (κ1) is 8.05. The quantitative estimate of drug-likeness (QED) is 0.503. The largest absolute Gasteiger partial charge is 0.285 e. The predicted octanol–water partition coefficient (Wildman–Crippen LogP) is 1.41. The van der Waals surface area contributed by atoms with Crippen LogP contribution in [0.4, 0.5) is 0 Å². The van der Waals surface area contributed by atoms with Crippen molar-refractivity contribution in [3.8, 4) is 0 Å². The standard InChI is InChI=1S/C9H14NO/c1-8(2)6-9-4-3-5-10(11)7-9/h3-5,7-8,11H,6H2,1-2H3/q+1. The van der Waals surface area contributed by atoms with Crippen molar-refractivity contribution in [1.29, 1.82) is 0 Å². The summed E-state index contributed by atoms with van der Waals surface area (Å²) in [7, 11) is 0. The van der Waals surface area contributed by atoms with E-state index in [0.717, 1.165) is 11.2 Å². The van der Waals surface area contributed by atoms with Crippen LogP contribution in [0.2, 0.25) is 0 Å². The molecule has 0 aliphatic heterocycles. The Bertz CT molecular complexity index is 233. The molecule has 60 valence electrons. The fourth-order valence-electron chi connectivity index (χ4n) is 1.10. The fraction of sp³-hybridized carbons (Fsp3) is 0.444. The van der Waals surface area contributed by atoms with Crippen LogP contribution in [0.25, 0.3) is 0 Å². The summed E-state index contributed by atoms with van der Waals surface area (Å²) in [5.41, 5.74) is 1.17. The monoisotopic (exact) mass is 152 g/mol. The Morgan fingerprint density at radius 1 is 1.55 bits per heavy atom. The van der Waals surface area contributed by atoms with Gasteiger partial charge in [0.25, 0.3) is 0 Å². The van der Waals surface area contributed by atoms with Crippen LogP contribution in [-0.2, 0) is 6.42 Å². The molecule has 11 heavy (non-hydrogen) atoms. The van der Waals surface area contributed by atoms with Crippen molar-refractivity contribution < 1.29 is 9.94 Å². The highest BCUT2D eigenvalue weighted by Gasteiger charge is 2.01. The zero-order valence-electron chi connectivity index (χ0n) is 6.99.